The van der Waals surface area contributed by atoms with Crippen molar-refractivity contribution in [1.82, 2.24) is 4.90 Å². The number of benzene rings is 2. The molecule has 138 valence electrons. The number of nitrogens with zero attached hydrogens (tertiary/aromatic N) is 1. The van der Waals surface area contributed by atoms with Gasteiger partial charge >= 0.3 is 0 Å². The number of rotatable bonds is 8. The molecule has 5 heteroatoms. The summed E-state index contributed by atoms with van der Waals surface area (Å²) in [5, 5.41) is 0. The van der Waals surface area contributed by atoms with Crippen LogP contribution in [0.15, 0.2) is 48.5 Å². The minimum absolute atomic E-state index is 0.0558. The monoisotopic (exact) mass is 355 g/mol. The number of carbonyl (C=O) groups is 1. The Morgan fingerprint density at radius 2 is 1.88 bits per heavy atom. The normalized spacial score (nSPS) is 10.6. The van der Waals surface area contributed by atoms with Gasteiger partial charge in [0.05, 0.1) is 14.2 Å². The Balaban J connectivity index is 1.97. The Hall–Kier alpha value is -2.95. The summed E-state index contributed by atoms with van der Waals surface area (Å²) in [5.74, 6) is 1.80. The van der Waals surface area contributed by atoms with Crippen LogP contribution in [0, 0.1) is 0 Å². The highest BCUT2D eigenvalue weighted by Crippen LogP contribution is 2.28. The summed E-state index contributed by atoms with van der Waals surface area (Å²) < 4.78 is 16.2. The second-order valence-electron chi connectivity index (χ2n) is 5.80. The highest BCUT2D eigenvalue weighted by Gasteiger charge is 2.13. The van der Waals surface area contributed by atoms with Gasteiger partial charge in [-0.25, -0.2) is 0 Å². The molecule has 0 saturated heterocycles. The van der Waals surface area contributed by atoms with Crippen LogP contribution in [0.3, 0.4) is 0 Å². The summed E-state index contributed by atoms with van der Waals surface area (Å²) in [4.78, 5) is 14.0. The number of ether oxygens (including phenoxy) is 3. The van der Waals surface area contributed by atoms with Crippen molar-refractivity contribution in [3.05, 3.63) is 59.7 Å². The molecule has 2 aromatic rings. The van der Waals surface area contributed by atoms with Crippen molar-refractivity contribution in [2.24, 2.45) is 0 Å². The van der Waals surface area contributed by atoms with Gasteiger partial charge in [0.2, 0.25) is 0 Å². The van der Waals surface area contributed by atoms with Crippen molar-refractivity contribution >= 4 is 12.0 Å². The fraction of sp³-hybridized carbons (Fsp3) is 0.286. The molecule has 5 nitrogen and oxygen atoms in total. The van der Waals surface area contributed by atoms with Crippen LogP contribution in [0.5, 0.6) is 17.2 Å². The smallest absolute Gasteiger partial charge is 0.260 e. The van der Waals surface area contributed by atoms with Gasteiger partial charge in [-0.15, -0.1) is 0 Å². The maximum Gasteiger partial charge on any atom is 0.260 e. The standard InChI is InChI=1S/C21H25NO4/c1-5-7-16-10-11-19(20(13-16)25-4)26-15-21(23)22(2)14-17-8-6-9-18(12-17)24-3/h5-13H,14-15H2,1-4H3/b7-5+. The van der Waals surface area contributed by atoms with Gasteiger partial charge in [-0.2, -0.15) is 0 Å². The third-order valence-electron chi connectivity index (χ3n) is 3.88. The number of hydrogen-bond acceptors (Lipinski definition) is 4. The van der Waals surface area contributed by atoms with Crippen molar-refractivity contribution < 1.29 is 19.0 Å². The lowest BCUT2D eigenvalue weighted by Crippen LogP contribution is -2.31. The van der Waals surface area contributed by atoms with Gasteiger partial charge in [0.25, 0.3) is 5.91 Å². The van der Waals surface area contributed by atoms with Crippen LogP contribution in [0.4, 0.5) is 0 Å². The first-order chi connectivity index (χ1) is 12.6. The van der Waals surface area contributed by atoms with Crippen molar-refractivity contribution in [2.75, 3.05) is 27.9 Å². The van der Waals surface area contributed by atoms with Gasteiger partial charge < -0.3 is 19.1 Å². The minimum atomic E-state index is -0.118. The van der Waals surface area contributed by atoms with Crippen molar-refractivity contribution in [2.45, 2.75) is 13.5 Å². The SMILES string of the molecule is C/C=C/c1ccc(OCC(=O)N(C)Cc2cccc(OC)c2)c(OC)c1. The molecule has 0 aliphatic heterocycles. The molecule has 0 bridgehead atoms. The van der Waals surface area contributed by atoms with E-state index in [1.807, 2.05) is 61.5 Å². The van der Waals surface area contributed by atoms with E-state index < -0.39 is 0 Å². The van der Waals surface area contributed by atoms with E-state index >= 15 is 0 Å². The topological polar surface area (TPSA) is 48.0 Å². The predicted octanol–water partition coefficient (Wildman–Crippen LogP) is 3.77. The summed E-state index contributed by atoms with van der Waals surface area (Å²) >= 11 is 0. The molecule has 0 spiro atoms. The first kappa shape index (κ1) is 19.4. The van der Waals surface area contributed by atoms with Crippen molar-refractivity contribution in [3.63, 3.8) is 0 Å². The van der Waals surface area contributed by atoms with Gasteiger partial charge in [-0.3, -0.25) is 4.79 Å². The van der Waals surface area contributed by atoms with Crippen LogP contribution in [0.2, 0.25) is 0 Å². The van der Waals surface area contributed by atoms with Crippen LogP contribution in [0.1, 0.15) is 18.1 Å². The number of hydrogen-bond donors (Lipinski definition) is 0. The maximum absolute atomic E-state index is 12.4. The summed E-state index contributed by atoms with van der Waals surface area (Å²) in [6.07, 6.45) is 3.92. The van der Waals surface area contributed by atoms with Crippen LogP contribution < -0.4 is 14.2 Å². The molecule has 0 fully saturated rings. The third kappa shape index (κ3) is 5.28. The average molecular weight is 355 g/mol. The molecule has 2 rings (SSSR count). The predicted molar refractivity (Wildman–Crippen MR) is 103 cm³/mol. The molecule has 0 saturated carbocycles. The summed E-state index contributed by atoms with van der Waals surface area (Å²) in [6.45, 7) is 2.38. The van der Waals surface area contributed by atoms with Crippen molar-refractivity contribution in [3.8, 4) is 17.2 Å². The number of carbonyl (C=O) groups excluding carboxylic acids is 1. The van der Waals surface area contributed by atoms with Crippen LogP contribution >= 0.6 is 0 Å². The van der Waals surface area contributed by atoms with Crippen LogP contribution in [-0.4, -0.2) is 38.7 Å². The molecule has 0 unspecified atom stereocenters. The van der Waals surface area contributed by atoms with Crippen LogP contribution in [-0.2, 0) is 11.3 Å². The lowest BCUT2D eigenvalue weighted by atomic mass is 10.2. The zero-order chi connectivity index (χ0) is 18.9. The summed E-state index contributed by atoms with van der Waals surface area (Å²) in [7, 11) is 4.95. The lowest BCUT2D eigenvalue weighted by molar-refractivity contribution is -0.132. The van der Waals surface area contributed by atoms with E-state index in [1.165, 1.54) is 0 Å². The Bertz CT molecular complexity index is 770. The first-order valence-electron chi connectivity index (χ1n) is 8.37. The minimum Gasteiger partial charge on any atom is -0.497 e. The number of methoxy groups -OCH3 is 2. The largest absolute Gasteiger partial charge is 0.497 e. The number of amides is 1. The van der Waals surface area contributed by atoms with E-state index in [0.29, 0.717) is 18.0 Å². The molecular weight excluding hydrogens is 330 g/mol. The second-order valence-corrected chi connectivity index (χ2v) is 5.80. The Morgan fingerprint density at radius 3 is 2.58 bits per heavy atom. The lowest BCUT2D eigenvalue weighted by Gasteiger charge is -2.18. The van der Waals surface area contributed by atoms with Gasteiger partial charge in [0, 0.05) is 13.6 Å². The van der Waals surface area contributed by atoms with E-state index in [-0.39, 0.29) is 12.5 Å². The summed E-state index contributed by atoms with van der Waals surface area (Å²) in [6, 6.07) is 13.2. The fourth-order valence-electron chi connectivity index (χ4n) is 2.48. The van der Waals surface area contributed by atoms with E-state index in [9.17, 15) is 4.79 Å². The van der Waals surface area contributed by atoms with Gasteiger partial charge in [0.1, 0.15) is 5.75 Å². The number of likely N-dealkylation sites (N-methyl/N-ethyl adjacent to an activating group) is 1. The van der Waals surface area contributed by atoms with Gasteiger partial charge in [0.15, 0.2) is 18.1 Å². The zero-order valence-corrected chi connectivity index (χ0v) is 15.7. The van der Waals surface area contributed by atoms with Crippen molar-refractivity contribution in [1.29, 1.82) is 0 Å². The molecular formula is C21H25NO4. The quantitative estimate of drug-likeness (QED) is 0.723. The van der Waals surface area contributed by atoms with E-state index in [2.05, 4.69) is 0 Å². The van der Waals surface area contributed by atoms with E-state index in [0.717, 1.165) is 16.9 Å². The third-order valence-corrected chi connectivity index (χ3v) is 3.88. The highest BCUT2D eigenvalue weighted by molar-refractivity contribution is 5.77. The molecule has 0 aliphatic carbocycles. The summed E-state index contributed by atoms with van der Waals surface area (Å²) in [5.41, 5.74) is 2.01. The van der Waals surface area contributed by atoms with E-state index in [4.69, 9.17) is 14.2 Å². The Kier molecular flexibility index (Phi) is 7.09. The molecule has 26 heavy (non-hydrogen) atoms. The van der Waals surface area contributed by atoms with Crippen LogP contribution in [0.25, 0.3) is 6.08 Å². The molecule has 0 N–H and O–H groups in total. The molecule has 0 aromatic heterocycles. The molecule has 2 aromatic carbocycles. The fourth-order valence-corrected chi connectivity index (χ4v) is 2.48. The average Bonchev–Trinajstić information content (AvgIpc) is 2.66. The van der Waals surface area contributed by atoms with E-state index in [1.54, 1.807) is 26.2 Å². The maximum atomic E-state index is 12.4. The molecule has 0 atom stereocenters. The molecule has 1 amide bonds. The Labute approximate surface area is 154 Å². The number of allylic oxidation sites excluding steroid dienone is 1. The van der Waals surface area contributed by atoms with Gasteiger partial charge in [-0.05, 0) is 42.3 Å². The molecule has 0 aliphatic rings. The molecule has 0 radical (unpaired) electrons. The second kappa shape index (κ2) is 9.51. The van der Waals surface area contributed by atoms with Gasteiger partial charge in [-0.1, -0.05) is 30.4 Å². The molecule has 0 heterocycles. The zero-order valence-electron chi connectivity index (χ0n) is 15.7. The Morgan fingerprint density at radius 1 is 1.08 bits per heavy atom. The highest BCUT2D eigenvalue weighted by atomic mass is 16.5. The first-order valence-corrected chi connectivity index (χ1v) is 8.37.